The number of hydrogen-bond donors (Lipinski definition) is 6. The molecule has 1 aliphatic heterocycles. The maximum atomic E-state index is 13.0. The third kappa shape index (κ3) is 36.6. The van der Waals surface area contributed by atoms with Crippen molar-refractivity contribution in [1.29, 1.82) is 0 Å². The number of ether oxygens (including phenoxy) is 2. The number of rotatable bonds is 49. The van der Waals surface area contributed by atoms with Crippen molar-refractivity contribution in [3.63, 3.8) is 0 Å². The highest BCUT2D eigenvalue weighted by Crippen LogP contribution is 2.23. The molecule has 1 rings (SSSR count). The molecule has 66 heavy (non-hydrogen) atoms. The van der Waals surface area contributed by atoms with Crippen LogP contribution in [0.4, 0.5) is 0 Å². The van der Waals surface area contributed by atoms with Crippen LogP contribution in [0.15, 0.2) is 24.3 Å². The zero-order chi connectivity index (χ0) is 48.0. The summed E-state index contributed by atoms with van der Waals surface area (Å²) in [5.74, 6) is -0.184. The molecule has 0 radical (unpaired) electrons. The van der Waals surface area contributed by atoms with Crippen molar-refractivity contribution < 1.29 is 39.8 Å². The summed E-state index contributed by atoms with van der Waals surface area (Å²) in [5.41, 5.74) is 0. The quantitative estimate of drug-likeness (QED) is 0.0261. The molecular weight excluding hydrogens is 827 g/mol. The van der Waals surface area contributed by atoms with E-state index in [-0.39, 0.29) is 12.5 Å². The monoisotopic (exact) mass is 936 g/mol. The zero-order valence-corrected chi connectivity index (χ0v) is 43.2. The summed E-state index contributed by atoms with van der Waals surface area (Å²) in [4.78, 5) is 13.0. The van der Waals surface area contributed by atoms with E-state index in [1.54, 1.807) is 6.08 Å². The summed E-state index contributed by atoms with van der Waals surface area (Å²) in [6.07, 6.45) is 52.6. The predicted octanol–water partition coefficient (Wildman–Crippen LogP) is 13.8. The molecule has 1 saturated heterocycles. The molecule has 0 aromatic heterocycles. The van der Waals surface area contributed by atoms with E-state index in [4.69, 9.17) is 9.47 Å². The van der Waals surface area contributed by atoms with Crippen molar-refractivity contribution >= 4 is 5.91 Å². The van der Waals surface area contributed by atoms with E-state index < -0.39 is 49.5 Å². The number of hydrogen-bond acceptors (Lipinski definition) is 8. The van der Waals surface area contributed by atoms with Gasteiger partial charge < -0.3 is 40.3 Å². The smallest absolute Gasteiger partial charge is 0.220 e. The van der Waals surface area contributed by atoms with Gasteiger partial charge in [-0.3, -0.25) is 4.79 Å². The van der Waals surface area contributed by atoms with Crippen molar-refractivity contribution in [3.8, 4) is 0 Å². The van der Waals surface area contributed by atoms with E-state index in [1.807, 2.05) is 6.08 Å². The van der Waals surface area contributed by atoms with Crippen LogP contribution in [-0.4, -0.2) is 87.5 Å². The Bertz CT molecular complexity index is 1090. The highest BCUT2D eigenvalue weighted by Gasteiger charge is 2.44. The molecule has 0 saturated carbocycles. The van der Waals surface area contributed by atoms with Gasteiger partial charge in [-0.15, -0.1) is 0 Å². The van der Waals surface area contributed by atoms with Gasteiger partial charge in [-0.25, -0.2) is 0 Å². The fraction of sp³-hybridized carbons (Fsp3) is 0.912. The molecule has 0 aliphatic carbocycles. The van der Waals surface area contributed by atoms with Gasteiger partial charge >= 0.3 is 0 Å². The van der Waals surface area contributed by atoms with Gasteiger partial charge in [-0.1, -0.05) is 250 Å². The normalized spacial score (nSPS) is 19.9. The van der Waals surface area contributed by atoms with Gasteiger partial charge in [0.1, 0.15) is 24.4 Å². The van der Waals surface area contributed by atoms with E-state index in [1.165, 1.54) is 199 Å². The molecular formula is C57H109NO8. The fourth-order valence-electron chi connectivity index (χ4n) is 9.21. The van der Waals surface area contributed by atoms with Crippen LogP contribution in [0.3, 0.4) is 0 Å². The number of aliphatic hydroxyl groups is 5. The molecule has 0 spiro atoms. The number of aliphatic hydroxyl groups excluding tert-OH is 5. The lowest BCUT2D eigenvalue weighted by Crippen LogP contribution is -2.60. The first kappa shape index (κ1) is 62.7. The molecule has 1 aliphatic rings. The summed E-state index contributed by atoms with van der Waals surface area (Å²) in [6.45, 7) is 3.78. The van der Waals surface area contributed by atoms with Gasteiger partial charge in [0.15, 0.2) is 6.29 Å². The molecule has 7 atom stereocenters. The molecule has 0 aromatic rings. The van der Waals surface area contributed by atoms with Crippen molar-refractivity contribution in [2.45, 2.75) is 320 Å². The first-order chi connectivity index (χ1) is 32.3. The number of allylic oxidation sites excluding steroid dienone is 3. The Balaban J connectivity index is 2.16. The van der Waals surface area contributed by atoms with Crippen molar-refractivity contribution in [3.05, 3.63) is 24.3 Å². The largest absolute Gasteiger partial charge is 0.394 e. The Morgan fingerprint density at radius 3 is 1.24 bits per heavy atom. The molecule has 1 heterocycles. The van der Waals surface area contributed by atoms with Crippen LogP contribution in [0, 0.1) is 0 Å². The summed E-state index contributed by atoms with van der Waals surface area (Å²) in [7, 11) is 0. The third-order valence-electron chi connectivity index (χ3n) is 13.8. The lowest BCUT2D eigenvalue weighted by Gasteiger charge is -2.40. The van der Waals surface area contributed by atoms with Gasteiger partial charge in [0.25, 0.3) is 0 Å². The Kier molecular flexibility index (Phi) is 45.0. The maximum Gasteiger partial charge on any atom is 0.220 e. The molecule has 0 aromatic carbocycles. The van der Waals surface area contributed by atoms with Gasteiger partial charge in [-0.2, -0.15) is 0 Å². The first-order valence-electron chi connectivity index (χ1n) is 28.6. The first-order valence-corrected chi connectivity index (χ1v) is 28.6. The highest BCUT2D eigenvalue weighted by atomic mass is 16.7. The average Bonchev–Trinajstić information content (AvgIpc) is 3.32. The highest BCUT2D eigenvalue weighted by molar-refractivity contribution is 5.76. The SMILES string of the molecule is CCCCCC/C=C\CCCCCCCC(=O)NC(COC1OC(CO)C(O)C(O)C1O)C(O)/C=C/CCCCCCCCCCCCCCCCCCCCCCCCCCCCCC. The summed E-state index contributed by atoms with van der Waals surface area (Å²) in [5, 5.41) is 54.4. The van der Waals surface area contributed by atoms with Crippen molar-refractivity contribution in [2.24, 2.45) is 0 Å². The Hall–Kier alpha value is -1.33. The summed E-state index contributed by atoms with van der Waals surface area (Å²) < 4.78 is 11.2. The van der Waals surface area contributed by atoms with Gasteiger partial charge in [-0.05, 0) is 44.9 Å². The standard InChI is InChI=1S/C57H109NO8/c1-3-5-7-9-11-13-15-17-18-19-20-21-22-23-24-25-26-27-28-29-30-31-32-33-35-36-38-40-42-44-46-51(60)50(49-65-57-56(64)55(63)54(62)52(48-59)66-57)58-53(61)47-45-43-41-39-37-34-16-14-12-10-8-6-4-2/h14,16,44,46,50-52,54-57,59-60,62-64H,3-13,15,17-43,45,47-49H2,1-2H3,(H,58,61)/b16-14-,46-44+. The maximum absolute atomic E-state index is 13.0. The van der Waals surface area contributed by atoms with Crippen LogP contribution in [0.1, 0.15) is 277 Å². The molecule has 1 amide bonds. The number of amides is 1. The van der Waals surface area contributed by atoms with Crippen LogP contribution in [0.2, 0.25) is 0 Å². The molecule has 9 nitrogen and oxygen atoms in total. The summed E-state index contributed by atoms with van der Waals surface area (Å²) in [6, 6.07) is -0.807. The molecule has 7 unspecified atom stereocenters. The lowest BCUT2D eigenvalue weighted by molar-refractivity contribution is -0.302. The molecule has 9 heteroatoms. The van der Waals surface area contributed by atoms with E-state index in [9.17, 15) is 30.3 Å². The molecule has 390 valence electrons. The van der Waals surface area contributed by atoms with E-state index in [0.29, 0.717) is 6.42 Å². The number of unbranched alkanes of at least 4 members (excludes halogenated alkanes) is 37. The number of carbonyl (C=O) groups excluding carboxylic acids is 1. The Morgan fingerprint density at radius 1 is 0.500 bits per heavy atom. The third-order valence-corrected chi connectivity index (χ3v) is 13.8. The Labute approximate surface area is 407 Å². The zero-order valence-electron chi connectivity index (χ0n) is 43.2. The second-order valence-corrected chi connectivity index (χ2v) is 20.1. The molecule has 0 bridgehead atoms. The van der Waals surface area contributed by atoms with Crippen molar-refractivity contribution in [2.75, 3.05) is 13.2 Å². The van der Waals surface area contributed by atoms with E-state index >= 15 is 0 Å². The Morgan fingerprint density at radius 2 is 0.848 bits per heavy atom. The topological polar surface area (TPSA) is 149 Å². The van der Waals surface area contributed by atoms with Crippen LogP contribution < -0.4 is 5.32 Å². The fourth-order valence-corrected chi connectivity index (χ4v) is 9.21. The van der Waals surface area contributed by atoms with Crippen LogP contribution in [0.25, 0.3) is 0 Å². The second kappa shape index (κ2) is 47.4. The molecule has 1 fully saturated rings. The average molecular weight is 936 g/mol. The van der Waals surface area contributed by atoms with Gasteiger partial charge in [0.05, 0.1) is 25.4 Å². The minimum absolute atomic E-state index is 0.184. The van der Waals surface area contributed by atoms with Crippen LogP contribution in [-0.2, 0) is 14.3 Å². The lowest BCUT2D eigenvalue weighted by atomic mass is 9.99. The number of nitrogens with one attached hydrogen (secondary N) is 1. The minimum Gasteiger partial charge on any atom is -0.394 e. The van der Waals surface area contributed by atoms with Crippen LogP contribution >= 0.6 is 0 Å². The van der Waals surface area contributed by atoms with Gasteiger partial charge in [0, 0.05) is 6.42 Å². The predicted molar refractivity (Wildman–Crippen MR) is 277 cm³/mol. The minimum atomic E-state index is -1.57. The second-order valence-electron chi connectivity index (χ2n) is 20.1. The number of carbonyl (C=O) groups is 1. The van der Waals surface area contributed by atoms with Gasteiger partial charge in [0.2, 0.25) is 5.91 Å². The van der Waals surface area contributed by atoms with Crippen molar-refractivity contribution in [1.82, 2.24) is 5.32 Å². The molecule has 6 N–H and O–H groups in total. The van der Waals surface area contributed by atoms with E-state index in [0.717, 1.165) is 57.8 Å². The van der Waals surface area contributed by atoms with Crippen LogP contribution in [0.5, 0.6) is 0 Å². The van der Waals surface area contributed by atoms with E-state index in [2.05, 4.69) is 31.3 Å². The summed E-state index contributed by atoms with van der Waals surface area (Å²) >= 11 is 0.